The van der Waals surface area contributed by atoms with Crippen molar-refractivity contribution in [3.8, 4) is 5.75 Å². The minimum absolute atomic E-state index is 0.0355. The number of hydrogen-bond acceptors (Lipinski definition) is 4. The summed E-state index contributed by atoms with van der Waals surface area (Å²) in [5, 5.41) is 2.96. The lowest BCUT2D eigenvalue weighted by atomic mass is 9.90. The monoisotopic (exact) mass is 387 g/mol. The lowest BCUT2D eigenvalue weighted by molar-refractivity contribution is -0.139. The molecule has 0 bridgehead atoms. The molecule has 1 N–H and O–H groups in total. The summed E-state index contributed by atoms with van der Waals surface area (Å²) in [5.74, 6) is 1.42. The van der Waals surface area contributed by atoms with Crippen molar-refractivity contribution >= 4 is 11.9 Å². The lowest BCUT2D eigenvalue weighted by Gasteiger charge is -2.43. The van der Waals surface area contributed by atoms with Crippen molar-refractivity contribution in [3.63, 3.8) is 0 Å². The van der Waals surface area contributed by atoms with E-state index < -0.39 is 0 Å². The maximum absolute atomic E-state index is 13.0. The van der Waals surface area contributed by atoms with Crippen LogP contribution in [0.5, 0.6) is 5.75 Å². The van der Waals surface area contributed by atoms with Crippen LogP contribution in [0.15, 0.2) is 24.3 Å². The molecule has 0 aromatic heterocycles. The first kappa shape index (κ1) is 19.1. The van der Waals surface area contributed by atoms with E-state index in [-0.39, 0.29) is 30.7 Å². The van der Waals surface area contributed by atoms with Crippen LogP contribution in [0.1, 0.15) is 24.8 Å². The molecule has 28 heavy (non-hydrogen) atoms. The number of piperidine rings is 2. The van der Waals surface area contributed by atoms with Gasteiger partial charge >= 0.3 is 6.03 Å². The topological polar surface area (TPSA) is 71.1 Å². The van der Waals surface area contributed by atoms with Gasteiger partial charge in [0.15, 0.2) is 0 Å². The summed E-state index contributed by atoms with van der Waals surface area (Å²) in [6.07, 6.45) is 3.81. The average molecular weight is 387 g/mol. The van der Waals surface area contributed by atoms with E-state index in [2.05, 4.69) is 11.4 Å². The fourth-order valence-corrected chi connectivity index (χ4v) is 4.58. The third-order valence-electron chi connectivity index (χ3n) is 6.18. The SMILES string of the molecule is COc1ccccc1CC1CCN(C(=O)N2CC[C@@H]3OCC(=O)N[C@@H]3C2)CC1. The van der Waals surface area contributed by atoms with Gasteiger partial charge in [-0.25, -0.2) is 4.79 Å². The van der Waals surface area contributed by atoms with Gasteiger partial charge in [0.1, 0.15) is 12.4 Å². The number of carbonyl (C=O) groups is 2. The van der Waals surface area contributed by atoms with Gasteiger partial charge in [-0.15, -0.1) is 0 Å². The number of benzene rings is 1. The zero-order valence-electron chi connectivity index (χ0n) is 16.4. The lowest BCUT2D eigenvalue weighted by Crippen LogP contribution is -2.62. The molecule has 3 aliphatic heterocycles. The highest BCUT2D eigenvalue weighted by atomic mass is 16.5. The molecule has 0 unspecified atom stereocenters. The van der Waals surface area contributed by atoms with E-state index in [1.807, 2.05) is 28.0 Å². The van der Waals surface area contributed by atoms with Gasteiger partial charge in [-0.05, 0) is 43.2 Å². The summed E-state index contributed by atoms with van der Waals surface area (Å²) in [5.41, 5.74) is 1.24. The number of ether oxygens (including phenoxy) is 2. The number of amides is 3. The zero-order chi connectivity index (χ0) is 19.5. The maximum Gasteiger partial charge on any atom is 0.320 e. The van der Waals surface area contributed by atoms with Crippen LogP contribution < -0.4 is 10.1 Å². The molecule has 7 heteroatoms. The second-order valence-corrected chi connectivity index (χ2v) is 7.99. The minimum atomic E-state index is -0.0901. The average Bonchev–Trinajstić information content (AvgIpc) is 2.73. The Balaban J connectivity index is 1.29. The maximum atomic E-state index is 13.0. The molecule has 0 radical (unpaired) electrons. The first-order valence-electron chi connectivity index (χ1n) is 10.2. The Labute approximate surface area is 166 Å². The van der Waals surface area contributed by atoms with Crippen LogP contribution in [-0.4, -0.2) is 73.8 Å². The van der Waals surface area contributed by atoms with Crippen LogP contribution in [0.25, 0.3) is 0 Å². The number of nitrogens with one attached hydrogen (secondary N) is 1. The first-order chi connectivity index (χ1) is 13.6. The Bertz CT molecular complexity index is 717. The summed E-state index contributed by atoms with van der Waals surface area (Å²) in [4.78, 5) is 28.4. The molecule has 0 aliphatic carbocycles. The summed E-state index contributed by atoms with van der Waals surface area (Å²) in [7, 11) is 1.71. The van der Waals surface area contributed by atoms with Crippen LogP contribution >= 0.6 is 0 Å². The predicted octanol–water partition coefficient (Wildman–Crippen LogP) is 1.66. The molecule has 3 aliphatic rings. The van der Waals surface area contributed by atoms with Crippen molar-refractivity contribution in [2.24, 2.45) is 5.92 Å². The van der Waals surface area contributed by atoms with Gasteiger partial charge in [0, 0.05) is 26.2 Å². The smallest absolute Gasteiger partial charge is 0.320 e. The summed E-state index contributed by atoms with van der Waals surface area (Å²) < 4.78 is 11.0. The third-order valence-corrected chi connectivity index (χ3v) is 6.18. The van der Waals surface area contributed by atoms with Gasteiger partial charge in [0.25, 0.3) is 0 Å². The van der Waals surface area contributed by atoms with Crippen molar-refractivity contribution in [1.82, 2.24) is 15.1 Å². The van der Waals surface area contributed by atoms with Crippen molar-refractivity contribution in [2.75, 3.05) is 39.9 Å². The van der Waals surface area contributed by atoms with E-state index >= 15 is 0 Å². The number of hydrogen-bond donors (Lipinski definition) is 1. The van der Waals surface area contributed by atoms with Crippen molar-refractivity contribution < 1.29 is 19.1 Å². The molecule has 3 heterocycles. The van der Waals surface area contributed by atoms with E-state index in [9.17, 15) is 9.59 Å². The van der Waals surface area contributed by atoms with Gasteiger partial charge in [-0.1, -0.05) is 18.2 Å². The molecule has 152 valence electrons. The van der Waals surface area contributed by atoms with Crippen LogP contribution in [0.4, 0.5) is 4.79 Å². The van der Waals surface area contributed by atoms with E-state index in [1.165, 1.54) is 5.56 Å². The van der Waals surface area contributed by atoms with Gasteiger partial charge in [0.2, 0.25) is 5.91 Å². The van der Waals surface area contributed by atoms with Gasteiger partial charge in [0.05, 0.1) is 19.3 Å². The van der Waals surface area contributed by atoms with Crippen molar-refractivity contribution in [3.05, 3.63) is 29.8 Å². The standard InChI is InChI=1S/C21H29N3O4/c1-27-18-5-3-2-4-16(18)12-15-6-9-23(10-7-15)21(26)24-11-8-19-17(13-24)22-20(25)14-28-19/h2-5,15,17,19H,6-14H2,1H3,(H,22,25)/t17-,19+/m1/s1. The van der Waals surface area contributed by atoms with Crippen molar-refractivity contribution in [1.29, 1.82) is 0 Å². The van der Waals surface area contributed by atoms with Crippen molar-refractivity contribution in [2.45, 2.75) is 37.8 Å². The molecule has 1 aromatic rings. The molecule has 3 fully saturated rings. The molecule has 3 amide bonds. The van der Waals surface area contributed by atoms with E-state index in [4.69, 9.17) is 9.47 Å². The summed E-state index contributed by atoms with van der Waals surface area (Å²) in [6.45, 7) is 2.93. The molecular formula is C21H29N3O4. The largest absolute Gasteiger partial charge is 0.496 e. The molecule has 1 aromatic carbocycles. The molecule has 2 atom stereocenters. The molecular weight excluding hydrogens is 358 g/mol. The number of para-hydroxylation sites is 1. The molecule has 0 spiro atoms. The summed E-state index contributed by atoms with van der Waals surface area (Å²) >= 11 is 0. The Morgan fingerprint density at radius 1 is 1.18 bits per heavy atom. The van der Waals surface area contributed by atoms with Gasteiger partial charge in [-0.2, -0.15) is 0 Å². The zero-order valence-corrected chi connectivity index (χ0v) is 16.4. The number of urea groups is 1. The number of rotatable bonds is 3. The minimum Gasteiger partial charge on any atom is -0.496 e. The van der Waals surface area contributed by atoms with Crippen LogP contribution in [0.2, 0.25) is 0 Å². The van der Waals surface area contributed by atoms with E-state index in [1.54, 1.807) is 7.11 Å². The second kappa shape index (κ2) is 8.39. The molecule has 3 saturated heterocycles. The number of morpholine rings is 1. The first-order valence-corrected chi connectivity index (χ1v) is 10.2. The second-order valence-electron chi connectivity index (χ2n) is 7.99. The predicted molar refractivity (Wildman–Crippen MR) is 104 cm³/mol. The van der Waals surface area contributed by atoms with E-state index in [0.29, 0.717) is 19.0 Å². The van der Waals surface area contributed by atoms with Crippen LogP contribution in [0, 0.1) is 5.92 Å². The Morgan fingerprint density at radius 2 is 1.93 bits per heavy atom. The third kappa shape index (κ3) is 4.09. The quantitative estimate of drug-likeness (QED) is 0.856. The fourth-order valence-electron chi connectivity index (χ4n) is 4.58. The highest BCUT2D eigenvalue weighted by Gasteiger charge is 2.38. The Kier molecular flexibility index (Phi) is 5.71. The Morgan fingerprint density at radius 3 is 2.71 bits per heavy atom. The number of fused-ring (bicyclic) bond motifs is 1. The van der Waals surface area contributed by atoms with Gasteiger partial charge < -0.3 is 24.6 Å². The number of carbonyl (C=O) groups excluding carboxylic acids is 2. The Hall–Kier alpha value is -2.28. The molecule has 0 saturated carbocycles. The summed E-state index contributed by atoms with van der Waals surface area (Å²) in [6, 6.07) is 8.18. The number of nitrogens with zero attached hydrogens (tertiary/aromatic N) is 2. The van der Waals surface area contributed by atoms with Crippen LogP contribution in [-0.2, 0) is 16.0 Å². The fraction of sp³-hybridized carbons (Fsp3) is 0.619. The molecule has 7 nitrogen and oxygen atoms in total. The normalized spacial score (nSPS) is 25.8. The van der Waals surface area contributed by atoms with Gasteiger partial charge in [-0.3, -0.25) is 4.79 Å². The highest BCUT2D eigenvalue weighted by molar-refractivity contribution is 5.79. The van der Waals surface area contributed by atoms with E-state index in [0.717, 1.165) is 44.5 Å². The molecule has 4 rings (SSSR count). The highest BCUT2D eigenvalue weighted by Crippen LogP contribution is 2.27. The van der Waals surface area contributed by atoms with Crippen LogP contribution in [0.3, 0.4) is 0 Å². The number of likely N-dealkylation sites (tertiary alicyclic amines) is 2. The number of methoxy groups -OCH3 is 1.